The Labute approximate surface area is 201 Å². The zero-order chi connectivity index (χ0) is 24.4. The standard InChI is InChI=1S/C25H26ClFN4O3/c1-13(2)28-7-8-30-23(33)25(3)12-17-16-10-18(26)19(27)11-20(16)29-21(17)22(31(25)24(30)34)14-5-4-6-15(32)9-14/h4-6,9-11,13,22,28-29,32H,7-8,12H2,1-3H3/t22-,25+/m1/s1. The van der Waals surface area contributed by atoms with Crippen molar-refractivity contribution in [3.8, 4) is 5.75 Å². The van der Waals surface area contributed by atoms with E-state index in [9.17, 15) is 19.1 Å². The highest BCUT2D eigenvalue weighted by Gasteiger charge is 2.60. The summed E-state index contributed by atoms with van der Waals surface area (Å²) in [6.45, 7) is 6.51. The molecule has 0 bridgehead atoms. The Balaban J connectivity index is 1.68. The molecule has 2 aliphatic rings. The van der Waals surface area contributed by atoms with Crippen LogP contribution < -0.4 is 5.32 Å². The lowest BCUT2D eigenvalue weighted by Crippen LogP contribution is -2.53. The minimum Gasteiger partial charge on any atom is -0.508 e. The van der Waals surface area contributed by atoms with Crippen LogP contribution in [0.2, 0.25) is 5.02 Å². The normalized spacial score (nSPS) is 22.1. The number of fused-ring (bicyclic) bond motifs is 4. The number of aromatic amines is 1. The molecule has 0 aliphatic carbocycles. The van der Waals surface area contributed by atoms with Crippen molar-refractivity contribution in [2.75, 3.05) is 13.1 Å². The van der Waals surface area contributed by atoms with Crippen molar-refractivity contribution in [2.45, 2.75) is 44.8 Å². The van der Waals surface area contributed by atoms with Gasteiger partial charge in [-0.25, -0.2) is 9.18 Å². The van der Waals surface area contributed by atoms with Gasteiger partial charge >= 0.3 is 6.03 Å². The summed E-state index contributed by atoms with van der Waals surface area (Å²) >= 11 is 6.10. The number of benzene rings is 2. The van der Waals surface area contributed by atoms with Gasteiger partial charge in [0.05, 0.1) is 5.02 Å². The number of urea groups is 1. The van der Waals surface area contributed by atoms with E-state index in [0.29, 0.717) is 28.7 Å². The molecule has 3 aromatic rings. The van der Waals surface area contributed by atoms with E-state index in [-0.39, 0.29) is 41.7 Å². The van der Waals surface area contributed by atoms with Crippen LogP contribution >= 0.6 is 11.6 Å². The van der Waals surface area contributed by atoms with Crippen LogP contribution in [-0.2, 0) is 11.2 Å². The third-order valence-corrected chi connectivity index (χ3v) is 7.07. The van der Waals surface area contributed by atoms with Crippen molar-refractivity contribution in [2.24, 2.45) is 0 Å². The average molecular weight is 485 g/mol. The molecule has 0 radical (unpaired) electrons. The number of H-pyrrole nitrogens is 1. The van der Waals surface area contributed by atoms with E-state index in [1.54, 1.807) is 42.2 Å². The molecule has 34 heavy (non-hydrogen) atoms. The maximum absolute atomic E-state index is 14.2. The van der Waals surface area contributed by atoms with E-state index in [1.165, 1.54) is 11.0 Å². The maximum Gasteiger partial charge on any atom is 0.328 e. The summed E-state index contributed by atoms with van der Waals surface area (Å²) in [6.07, 6.45) is 0.262. The summed E-state index contributed by atoms with van der Waals surface area (Å²) in [6, 6.07) is 8.69. The van der Waals surface area contributed by atoms with Gasteiger partial charge in [-0.15, -0.1) is 0 Å². The number of halogens is 2. The molecule has 2 atom stereocenters. The number of amides is 3. The van der Waals surface area contributed by atoms with Crippen molar-refractivity contribution in [3.05, 3.63) is 64.1 Å². The summed E-state index contributed by atoms with van der Waals surface area (Å²) in [5.41, 5.74) is 1.54. The van der Waals surface area contributed by atoms with Gasteiger partial charge in [-0.3, -0.25) is 14.6 Å². The number of hydrogen-bond acceptors (Lipinski definition) is 4. The lowest BCUT2D eigenvalue weighted by Gasteiger charge is -2.42. The van der Waals surface area contributed by atoms with Crippen LogP contribution in [0.4, 0.5) is 9.18 Å². The second-order valence-corrected chi connectivity index (χ2v) is 9.90. The van der Waals surface area contributed by atoms with Crippen molar-refractivity contribution < 1.29 is 19.1 Å². The second kappa shape index (κ2) is 7.99. The quantitative estimate of drug-likeness (QED) is 0.470. The summed E-state index contributed by atoms with van der Waals surface area (Å²) < 4.78 is 14.2. The molecule has 2 aliphatic heterocycles. The van der Waals surface area contributed by atoms with Gasteiger partial charge in [0.25, 0.3) is 5.91 Å². The fraction of sp³-hybridized carbons (Fsp3) is 0.360. The Hall–Kier alpha value is -3.10. The van der Waals surface area contributed by atoms with Gasteiger partial charge in [0.2, 0.25) is 0 Å². The fourth-order valence-electron chi connectivity index (χ4n) is 5.21. The molecule has 1 aromatic heterocycles. The largest absolute Gasteiger partial charge is 0.508 e. The van der Waals surface area contributed by atoms with Gasteiger partial charge in [-0.1, -0.05) is 37.6 Å². The SMILES string of the molecule is CC(C)NCCN1C(=O)N2[C@H](c3cccc(O)c3)c3[nH]c4cc(F)c(Cl)cc4c3C[C@@]2(C)C1=O. The smallest absolute Gasteiger partial charge is 0.328 e. The van der Waals surface area contributed by atoms with Crippen LogP contribution in [0.3, 0.4) is 0 Å². The number of hydrogen-bond donors (Lipinski definition) is 3. The molecule has 1 saturated heterocycles. The predicted molar refractivity (Wildman–Crippen MR) is 127 cm³/mol. The number of phenols is 1. The van der Waals surface area contributed by atoms with Crippen LogP contribution in [0.5, 0.6) is 5.75 Å². The Bertz CT molecular complexity index is 1320. The molecule has 5 rings (SSSR count). The highest BCUT2D eigenvalue weighted by molar-refractivity contribution is 6.31. The second-order valence-electron chi connectivity index (χ2n) is 9.50. The molecular formula is C25H26ClFN4O3. The Morgan fingerprint density at radius 1 is 1.29 bits per heavy atom. The first-order valence-electron chi connectivity index (χ1n) is 11.3. The highest BCUT2D eigenvalue weighted by atomic mass is 35.5. The molecule has 0 saturated carbocycles. The molecule has 0 unspecified atom stereocenters. The number of carbonyl (C=O) groups excluding carboxylic acids is 2. The number of nitrogens with zero attached hydrogens (tertiary/aromatic N) is 2. The lowest BCUT2D eigenvalue weighted by atomic mass is 9.81. The number of aromatic hydroxyl groups is 1. The Morgan fingerprint density at radius 3 is 2.76 bits per heavy atom. The molecule has 2 aromatic carbocycles. The summed E-state index contributed by atoms with van der Waals surface area (Å²) in [7, 11) is 0. The van der Waals surface area contributed by atoms with E-state index < -0.39 is 17.4 Å². The van der Waals surface area contributed by atoms with E-state index >= 15 is 0 Å². The maximum atomic E-state index is 14.2. The molecule has 1 fully saturated rings. The van der Waals surface area contributed by atoms with E-state index in [0.717, 1.165) is 5.56 Å². The summed E-state index contributed by atoms with van der Waals surface area (Å²) in [5, 5.41) is 14.1. The van der Waals surface area contributed by atoms with Gasteiger partial charge in [-0.05, 0) is 42.3 Å². The molecule has 3 N–H and O–H groups in total. The van der Waals surface area contributed by atoms with Crippen LogP contribution in [0.15, 0.2) is 36.4 Å². The predicted octanol–water partition coefficient (Wildman–Crippen LogP) is 4.33. The first-order chi connectivity index (χ1) is 16.1. The molecule has 0 spiro atoms. The zero-order valence-corrected chi connectivity index (χ0v) is 19.9. The number of phenolic OH excluding ortho intramolecular Hbond substituents is 1. The van der Waals surface area contributed by atoms with E-state index in [2.05, 4.69) is 10.3 Å². The van der Waals surface area contributed by atoms with Crippen LogP contribution in [0, 0.1) is 5.82 Å². The first kappa shape index (κ1) is 22.7. The minimum atomic E-state index is -1.14. The van der Waals surface area contributed by atoms with Crippen molar-refractivity contribution >= 4 is 34.4 Å². The van der Waals surface area contributed by atoms with E-state index in [4.69, 9.17) is 11.6 Å². The number of aromatic nitrogens is 1. The first-order valence-corrected chi connectivity index (χ1v) is 11.7. The van der Waals surface area contributed by atoms with Crippen LogP contribution in [0.1, 0.15) is 43.6 Å². The zero-order valence-electron chi connectivity index (χ0n) is 19.2. The monoisotopic (exact) mass is 484 g/mol. The van der Waals surface area contributed by atoms with Gasteiger partial charge in [0.1, 0.15) is 23.1 Å². The molecule has 3 amide bonds. The van der Waals surface area contributed by atoms with Gasteiger partial charge in [0, 0.05) is 42.1 Å². The molecule has 178 valence electrons. The lowest BCUT2D eigenvalue weighted by molar-refractivity contribution is -0.133. The average Bonchev–Trinajstić information content (AvgIpc) is 3.19. The Morgan fingerprint density at radius 2 is 2.06 bits per heavy atom. The molecule has 7 nitrogen and oxygen atoms in total. The van der Waals surface area contributed by atoms with Gasteiger partial charge < -0.3 is 15.4 Å². The van der Waals surface area contributed by atoms with E-state index in [1.807, 2.05) is 13.8 Å². The minimum absolute atomic E-state index is 0.00833. The number of imide groups is 1. The number of carbonyl (C=O) groups is 2. The fourth-order valence-corrected chi connectivity index (χ4v) is 5.38. The van der Waals surface area contributed by atoms with Crippen molar-refractivity contribution in [3.63, 3.8) is 0 Å². The summed E-state index contributed by atoms with van der Waals surface area (Å²) in [4.78, 5) is 33.5. The third-order valence-electron chi connectivity index (χ3n) is 6.78. The highest BCUT2D eigenvalue weighted by Crippen LogP contribution is 2.49. The number of rotatable bonds is 5. The van der Waals surface area contributed by atoms with Gasteiger partial charge in [0.15, 0.2) is 0 Å². The third kappa shape index (κ3) is 3.35. The van der Waals surface area contributed by atoms with Crippen LogP contribution in [-0.4, -0.2) is 56.5 Å². The molecule has 9 heteroatoms. The molecular weight excluding hydrogens is 459 g/mol. The topological polar surface area (TPSA) is 88.7 Å². The summed E-state index contributed by atoms with van der Waals surface area (Å²) in [5.74, 6) is -0.779. The molecule has 3 heterocycles. The van der Waals surface area contributed by atoms with Crippen molar-refractivity contribution in [1.82, 2.24) is 20.1 Å². The van der Waals surface area contributed by atoms with Crippen LogP contribution in [0.25, 0.3) is 10.9 Å². The van der Waals surface area contributed by atoms with Gasteiger partial charge in [-0.2, -0.15) is 0 Å². The Kier molecular flexibility index (Phi) is 5.33. The number of nitrogens with one attached hydrogen (secondary N) is 2. The van der Waals surface area contributed by atoms with Crippen molar-refractivity contribution in [1.29, 1.82) is 0 Å².